The highest BCUT2D eigenvalue weighted by molar-refractivity contribution is 7.99. The molecule has 0 spiro atoms. The molecule has 0 aliphatic heterocycles. The van der Waals surface area contributed by atoms with E-state index < -0.39 is 0 Å². The molecule has 1 N–H and O–H groups in total. The van der Waals surface area contributed by atoms with E-state index in [-0.39, 0.29) is 0 Å². The maximum Gasteiger partial charge on any atom is 0.0506 e. The molecule has 1 aromatic rings. The summed E-state index contributed by atoms with van der Waals surface area (Å²) in [4.78, 5) is 1.47. The van der Waals surface area contributed by atoms with Gasteiger partial charge in [0.15, 0.2) is 0 Å². The third-order valence-electron chi connectivity index (χ3n) is 2.07. The van der Waals surface area contributed by atoms with E-state index >= 15 is 0 Å². The molecular weight excluding hydrogens is 222 g/mol. The largest absolute Gasteiger partial charge is 0.309 e. The van der Waals surface area contributed by atoms with Gasteiger partial charge in [-0.15, -0.1) is 11.3 Å². The summed E-state index contributed by atoms with van der Waals surface area (Å²) in [6.07, 6.45) is 0. The Hall–Kier alpha value is 0.01000. The van der Waals surface area contributed by atoms with Crippen LogP contribution >= 0.6 is 23.1 Å². The quantitative estimate of drug-likeness (QED) is 0.782. The molecule has 0 radical (unpaired) electrons. The van der Waals surface area contributed by atoms with Crippen molar-refractivity contribution in [3.05, 3.63) is 22.4 Å². The Morgan fingerprint density at radius 1 is 1.40 bits per heavy atom. The van der Waals surface area contributed by atoms with Gasteiger partial charge in [-0.3, -0.25) is 0 Å². The second-order valence-electron chi connectivity index (χ2n) is 4.06. The van der Waals surface area contributed by atoms with Crippen LogP contribution in [0.25, 0.3) is 0 Å². The minimum atomic E-state index is 0.541. The van der Waals surface area contributed by atoms with Gasteiger partial charge in [-0.05, 0) is 29.7 Å². The average molecular weight is 243 g/mol. The summed E-state index contributed by atoms with van der Waals surface area (Å²) in [6, 6.07) is 4.91. The van der Waals surface area contributed by atoms with Gasteiger partial charge >= 0.3 is 0 Å². The van der Waals surface area contributed by atoms with Crippen molar-refractivity contribution in [3.63, 3.8) is 0 Å². The molecule has 0 aliphatic rings. The second kappa shape index (κ2) is 7.31. The first kappa shape index (κ1) is 13.1. The van der Waals surface area contributed by atoms with E-state index in [0.717, 1.165) is 12.5 Å². The lowest BCUT2D eigenvalue weighted by Gasteiger charge is -2.16. The maximum absolute atomic E-state index is 3.55. The number of thioether (sulfide) groups is 1. The summed E-state index contributed by atoms with van der Waals surface area (Å²) in [5.41, 5.74) is 0. The van der Waals surface area contributed by atoms with Crippen LogP contribution in [0.4, 0.5) is 0 Å². The topological polar surface area (TPSA) is 12.0 Å². The van der Waals surface area contributed by atoms with E-state index in [1.54, 1.807) is 0 Å². The third kappa shape index (κ3) is 5.05. The van der Waals surface area contributed by atoms with Gasteiger partial charge in [0.2, 0.25) is 0 Å². The fraction of sp³-hybridized carbons (Fsp3) is 0.667. The Labute approximate surface area is 102 Å². The minimum Gasteiger partial charge on any atom is -0.309 e. The van der Waals surface area contributed by atoms with Crippen molar-refractivity contribution in [2.24, 2.45) is 5.92 Å². The molecule has 1 rings (SSSR count). The summed E-state index contributed by atoms with van der Waals surface area (Å²) < 4.78 is 0. The van der Waals surface area contributed by atoms with Crippen molar-refractivity contribution >= 4 is 23.1 Å². The highest BCUT2D eigenvalue weighted by Crippen LogP contribution is 2.23. The van der Waals surface area contributed by atoms with Crippen molar-refractivity contribution in [1.82, 2.24) is 5.32 Å². The monoisotopic (exact) mass is 243 g/mol. The number of nitrogens with one attached hydrogen (secondary N) is 1. The molecule has 0 aromatic carbocycles. The smallest absolute Gasteiger partial charge is 0.0506 e. The Kier molecular flexibility index (Phi) is 6.37. The summed E-state index contributed by atoms with van der Waals surface area (Å²) >= 11 is 3.91. The SMILES string of the molecule is CCNC(CSCC(C)C)c1cccs1. The van der Waals surface area contributed by atoms with E-state index in [1.807, 2.05) is 11.3 Å². The zero-order valence-corrected chi connectivity index (χ0v) is 11.5. The summed E-state index contributed by atoms with van der Waals surface area (Å²) in [7, 11) is 0. The molecule has 1 aromatic heterocycles. The van der Waals surface area contributed by atoms with Crippen LogP contribution in [-0.4, -0.2) is 18.1 Å². The van der Waals surface area contributed by atoms with E-state index in [0.29, 0.717) is 6.04 Å². The molecule has 0 saturated carbocycles. The lowest BCUT2D eigenvalue weighted by molar-refractivity contribution is 0.614. The summed E-state index contributed by atoms with van der Waals surface area (Å²) in [6.45, 7) is 7.78. The van der Waals surface area contributed by atoms with Crippen LogP contribution in [-0.2, 0) is 0 Å². The van der Waals surface area contributed by atoms with Gasteiger partial charge in [-0.25, -0.2) is 0 Å². The maximum atomic E-state index is 3.55. The predicted octanol–water partition coefficient (Wildman–Crippen LogP) is 3.79. The summed E-state index contributed by atoms with van der Waals surface area (Å²) in [5.74, 6) is 3.24. The standard InChI is InChI=1S/C12H21NS2/c1-4-13-11(9-14-8-10(2)3)12-6-5-7-15-12/h5-7,10-11,13H,4,8-9H2,1-3H3. The zero-order valence-electron chi connectivity index (χ0n) is 9.82. The fourth-order valence-corrected chi connectivity index (χ4v) is 3.45. The zero-order chi connectivity index (χ0) is 11.1. The highest BCUT2D eigenvalue weighted by atomic mass is 32.2. The molecule has 0 aliphatic carbocycles. The number of hydrogen-bond donors (Lipinski definition) is 1. The van der Waals surface area contributed by atoms with Crippen LogP contribution in [0.5, 0.6) is 0 Å². The molecule has 1 unspecified atom stereocenters. The predicted molar refractivity (Wildman–Crippen MR) is 72.9 cm³/mol. The van der Waals surface area contributed by atoms with Crippen LogP contribution in [0.15, 0.2) is 17.5 Å². The van der Waals surface area contributed by atoms with E-state index in [1.165, 1.54) is 16.4 Å². The van der Waals surface area contributed by atoms with Crippen LogP contribution in [0.3, 0.4) is 0 Å². The lowest BCUT2D eigenvalue weighted by atomic mass is 10.3. The lowest BCUT2D eigenvalue weighted by Crippen LogP contribution is -2.22. The molecule has 1 heterocycles. The number of hydrogen-bond acceptors (Lipinski definition) is 3. The normalized spacial score (nSPS) is 13.3. The van der Waals surface area contributed by atoms with E-state index in [4.69, 9.17) is 0 Å². The minimum absolute atomic E-state index is 0.541. The Morgan fingerprint density at radius 3 is 2.73 bits per heavy atom. The van der Waals surface area contributed by atoms with Gasteiger partial charge in [0, 0.05) is 10.6 Å². The highest BCUT2D eigenvalue weighted by Gasteiger charge is 2.11. The third-order valence-corrected chi connectivity index (χ3v) is 4.53. The molecule has 0 amide bonds. The molecule has 86 valence electrons. The molecule has 3 heteroatoms. The second-order valence-corrected chi connectivity index (χ2v) is 6.11. The molecule has 1 atom stereocenters. The summed E-state index contributed by atoms with van der Waals surface area (Å²) in [5, 5.41) is 5.71. The Bertz CT molecular complexity index is 244. The van der Waals surface area contributed by atoms with Crippen LogP contribution in [0.2, 0.25) is 0 Å². The van der Waals surface area contributed by atoms with E-state index in [9.17, 15) is 0 Å². The average Bonchev–Trinajstić information content (AvgIpc) is 2.68. The van der Waals surface area contributed by atoms with Gasteiger partial charge < -0.3 is 5.32 Å². The molecule has 0 bridgehead atoms. The molecular formula is C12H21NS2. The molecule has 0 fully saturated rings. The van der Waals surface area contributed by atoms with Crippen molar-refractivity contribution < 1.29 is 0 Å². The first-order valence-corrected chi connectivity index (χ1v) is 7.62. The molecule has 1 nitrogen and oxygen atoms in total. The van der Waals surface area contributed by atoms with Crippen molar-refractivity contribution in [3.8, 4) is 0 Å². The van der Waals surface area contributed by atoms with E-state index in [2.05, 4.69) is 55.4 Å². The number of thiophene rings is 1. The first-order valence-electron chi connectivity index (χ1n) is 5.58. The van der Waals surface area contributed by atoms with Crippen LogP contribution < -0.4 is 5.32 Å². The van der Waals surface area contributed by atoms with Gasteiger partial charge in [-0.2, -0.15) is 11.8 Å². The molecule has 15 heavy (non-hydrogen) atoms. The fourth-order valence-electron chi connectivity index (χ4n) is 1.40. The Morgan fingerprint density at radius 2 is 2.20 bits per heavy atom. The van der Waals surface area contributed by atoms with Gasteiger partial charge in [0.1, 0.15) is 0 Å². The Balaban J connectivity index is 2.38. The van der Waals surface area contributed by atoms with Crippen molar-refractivity contribution in [2.45, 2.75) is 26.8 Å². The van der Waals surface area contributed by atoms with Crippen molar-refractivity contribution in [1.29, 1.82) is 0 Å². The van der Waals surface area contributed by atoms with Crippen LogP contribution in [0.1, 0.15) is 31.7 Å². The van der Waals surface area contributed by atoms with Gasteiger partial charge in [0.25, 0.3) is 0 Å². The van der Waals surface area contributed by atoms with Gasteiger partial charge in [-0.1, -0.05) is 26.8 Å². The van der Waals surface area contributed by atoms with Gasteiger partial charge in [0.05, 0.1) is 6.04 Å². The molecule has 0 saturated heterocycles. The van der Waals surface area contributed by atoms with Crippen molar-refractivity contribution in [2.75, 3.05) is 18.1 Å². The van der Waals surface area contributed by atoms with Crippen LogP contribution in [0, 0.1) is 5.92 Å². The number of rotatable bonds is 7. The first-order chi connectivity index (χ1) is 7.24.